The minimum atomic E-state index is -0.980. The van der Waals surface area contributed by atoms with Crippen LogP contribution in [0.1, 0.15) is 53.6 Å². The van der Waals surface area contributed by atoms with Crippen LogP contribution >= 0.6 is 0 Å². The Morgan fingerprint density at radius 3 is 2.17 bits per heavy atom. The van der Waals surface area contributed by atoms with Crippen LogP contribution in [0.5, 0.6) is 0 Å². The summed E-state index contributed by atoms with van der Waals surface area (Å²) in [7, 11) is 1.62. The fraction of sp³-hybridized carbons (Fsp3) is 0.207. The van der Waals surface area contributed by atoms with E-state index < -0.39 is 5.97 Å². The highest BCUT2D eigenvalue weighted by molar-refractivity contribution is 6.00. The van der Waals surface area contributed by atoms with E-state index in [0.29, 0.717) is 23.3 Å². The molecular formula is C29H27FN2O4. The molecule has 1 aliphatic carbocycles. The zero-order valence-corrected chi connectivity index (χ0v) is 20.1. The van der Waals surface area contributed by atoms with Gasteiger partial charge in [-0.15, -0.1) is 0 Å². The number of nitrogens with zero attached hydrogens (tertiary/aromatic N) is 2. The van der Waals surface area contributed by atoms with Gasteiger partial charge in [-0.3, -0.25) is 4.79 Å². The first kappa shape index (κ1) is 24.9. The van der Waals surface area contributed by atoms with Crippen LogP contribution in [0.25, 0.3) is 11.1 Å². The molecule has 0 fully saturated rings. The second-order valence-electron chi connectivity index (χ2n) is 9.04. The molecule has 1 atom stereocenters. The maximum atomic E-state index is 15.2. The van der Waals surface area contributed by atoms with Gasteiger partial charge in [-0.25, -0.2) is 9.18 Å². The fourth-order valence-electron chi connectivity index (χ4n) is 4.50. The van der Waals surface area contributed by atoms with E-state index in [9.17, 15) is 14.8 Å². The predicted octanol–water partition coefficient (Wildman–Crippen LogP) is 6.07. The van der Waals surface area contributed by atoms with Gasteiger partial charge >= 0.3 is 5.97 Å². The highest BCUT2D eigenvalue weighted by atomic mass is 19.1. The summed E-state index contributed by atoms with van der Waals surface area (Å²) < 4.78 is 16.6. The van der Waals surface area contributed by atoms with Gasteiger partial charge in [-0.1, -0.05) is 47.1 Å². The third kappa shape index (κ3) is 5.35. The van der Waals surface area contributed by atoms with E-state index in [1.54, 1.807) is 49.7 Å². The number of hydrogen-bond acceptors (Lipinski definition) is 4. The summed E-state index contributed by atoms with van der Waals surface area (Å²) in [5, 5.41) is 22.5. The topological polar surface area (TPSA) is 91.9 Å². The molecule has 4 rings (SSSR count). The number of aromatic nitrogens is 1. The largest absolute Gasteiger partial charge is 0.478 e. The highest BCUT2D eigenvalue weighted by Gasteiger charge is 2.25. The van der Waals surface area contributed by atoms with Gasteiger partial charge in [0.2, 0.25) is 5.56 Å². The molecule has 2 aromatic carbocycles. The van der Waals surface area contributed by atoms with Gasteiger partial charge in [-0.2, -0.15) is 0 Å². The lowest BCUT2D eigenvalue weighted by atomic mass is 9.80. The van der Waals surface area contributed by atoms with E-state index in [0.717, 1.165) is 28.7 Å². The summed E-state index contributed by atoms with van der Waals surface area (Å²) in [4.78, 5) is 22.9. The molecule has 0 saturated heterocycles. The lowest BCUT2D eigenvalue weighted by molar-refractivity contribution is 0.0697. The number of benzene rings is 2. The zero-order chi connectivity index (χ0) is 25.8. The molecule has 0 aliphatic heterocycles. The number of carboxylic acids is 1. The first-order chi connectivity index (χ1) is 17.3. The van der Waals surface area contributed by atoms with Crippen molar-refractivity contribution >= 4 is 11.7 Å². The molecular weight excluding hydrogens is 459 g/mol. The number of rotatable bonds is 7. The highest BCUT2D eigenvalue weighted by Crippen LogP contribution is 2.39. The van der Waals surface area contributed by atoms with E-state index >= 15 is 4.39 Å². The third-order valence-electron chi connectivity index (χ3n) is 6.60. The molecule has 0 saturated carbocycles. The van der Waals surface area contributed by atoms with E-state index in [1.165, 1.54) is 10.6 Å². The van der Waals surface area contributed by atoms with Crippen LogP contribution < -0.4 is 5.56 Å². The van der Waals surface area contributed by atoms with Gasteiger partial charge < -0.3 is 14.9 Å². The maximum absolute atomic E-state index is 15.2. The number of hydrogen-bond donors (Lipinski definition) is 2. The quantitative estimate of drug-likeness (QED) is 0.241. The van der Waals surface area contributed by atoms with Crippen molar-refractivity contribution in [2.24, 2.45) is 12.2 Å². The van der Waals surface area contributed by atoms with E-state index in [4.69, 9.17) is 5.11 Å². The Morgan fingerprint density at radius 1 is 1.00 bits per heavy atom. The second-order valence-corrected chi connectivity index (χ2v) is 9.04. The Morgan fingerprint density at radius 2 is 1.61 bits per heavy atom. The Balaban J connectivity index is 1.71. The van der Waals surface area contributed by atoms with E-state index in [2.05, 4.69) is 5.16 Å². The van der Waals surface area contributed by atoms with Gasteiger partial charge in [0, 0.05) is 37.2 Å². The Kier molecular flexibility index (Phi) is 7.29. The molecule has 7 heteroatoms. The number of pyridine rings is 1. The number of aryl methyl sites for hydroxylation is 1. The fourth-order valence-corrected chi connectivity index (χ4v) is 4.50. The second kappa shape index (κ2) is 10.6. The first-order valence-electron chi connectivity index (χ1n) is 11.6. The van der Waals surface area contributed by atoms with Crippen molar-refractivity contribution < 1.29 is 19.5 Å². The average molecular weight is 487 g/mol. The van der Waals surface area contributed by atoms with Gasteiger partial charge in [0.15, 0.2) is 0 Å². The number of aromatic carboxylic acids is 1. The zero-order valence-electron chi connectivity index (χ0n) is 20.1. The van der Waals surface area contributed by atoms with Gasteiger partial charge in [0.05, 0.1) is 11.3 Å². The number of allylic oxidation sites excluding steroid dienone is 4. The van der Waals surface area contributed by atoms with Crippen LogP contribution in [0.4, 0.5) is 4.39 Å². The molecule has 1 aromatic heterocycles. The number of carbonyl (C=O) groups is 1. The lowest BCUT2D eigenvalue weighted by Crippen LogP contribution is -2.19. The lowest BCUT2D eigenvalue weighted by Gasteiger charge is -2.25. The van der Waals surface area contributed by atoms with Crippen LogP contribution in [0, 0.1) is 0 Å². The molecule has 0 radical (unpaired) electrons. The summed E-state index contributed by atoms with van der Waals surface area (Å²) >= 11 is 0. The molecule has 3 aromatic rings. The van der Waals surface area contributed by atoms with Crippen LogP contribution in [0.3, 0.4) is 0 Å². The SMILES string of the molecule is CC1=CC(F)=C(C(C/C(=N\O)c2ccc(=O)n(C)c2)c2ccc(-c3ccc(C(=O)O)cc3)cc2)CC1. The summed E-state index contributed by atoms with van der Waals surface area (Å²) in [5.41, 5.74) is 5.23. The monoisotopic (exact) mass is 486 g/mol. The van der Waals surface area contributed by atoms with Crippen molar-refractivity contribution in [3.63, 3.8) is 0 Å². The minimum Gasteiger partial charge on any atom is -0.478 e. The maximum Gasteiger partial charge on any atom is 0.335 e. The van der Waals surface area contributed by atoms with Crippen LogP contribution in [-0.4, -0.2) is 26.6 Å². The summed E-state index contributed by atoms with van der Waals surface area (Å²) in [6, 6.07) is 17.3. The minimum absolute atomic E-state index is 0.179. The van der Waals surface area contributed by atoms with Crippen LogP contribution in [0.2, 0.25) is 0 Å². The molecule has 0 amide bonds. The summed E-state index contributed by atoms with van der Waals surface area (Å²) in [6.45, 7) is 1.90. The van der Waals surface area contributed by atoms with E-state index in [1.807, 2.05) is 31.2 Å². The molecule has 1 heterocycles. The smallest absolute Gasteiger partial charge is 0.335 e. The number of halogens is 1. The molecule has 1 unspecified atom stereocenters. The molecule has 36 heavy (non-hydrogen) atoms. The van der Waals surface area contributed by atoms with Crippen LogP contribution in [-0.2, 0) is 7.05 Å². The normalized spacial score (nSPS) is 15.0. The average Bonchev–Trinajstić information content (AvgIpc) is 2.87. The van der Waals surface area contributed by atoms with Crippen molar-refractivity contribution in [2.75, 3.05) is 0 Å². The molecule has 0 bridgehead atoms. The Hall–Kier alpha value is -4.26. The number of oxime groups is 1. The molecule has 2 N–H and O–H groups in total. The molecule has 0 spiro atoms. The van der Waals surface area contributed by atoms with E-state index in [-0.39, 0.29) is 29.3 Å². The molecule has 6 nitrogen and oxygen atoms in total. The number of carboxylic acid groups (broad SMARTS) is 1. The van der Waals surface area contributed by atoms with Crippen molar-refractivity contribution in [3.8, 4) is 11.1 Å². The van der Waals surface area contributed by atoms with Gasteiger partial charge in [-0.05, 0) is 66.3 Å². The van der Waals surface area contributed by atoms with Crippen molar-refractivity contribution in [1.29, 1.82) is 0 Å². The molecule has 1 aliphatic rings. The van der Waals surface area contributed by atoms with Gasteiger partial charge in [0.1, 0.15) is 5.83 Å². The molecule has 184 valence electrons. The van der Waals surface area contributed by atoms with Crippen molar-refractivity contribution in [3.05, 3.63) is 117 Å². The summed E-state index contributed by atoms with van der Waals surface area (Å²) in [5.74, 6) is -1.62. The van der Waals surface area contributed by atoms with Crippen molar-refractivity contribution in [1.82, 2.24) is 4.57 Å². The standard InChI is InChI=1S/C29H27FN2O4/c1-18-3-13-24(26(30)15-18)25(16-27(31-36)23-12-14-28(33)32(2)17-23)21-8-4-19(5-9-21)20-6-10-22(11-7-20)29(34)35/h4-12,14-15,17,25,36H,3,13,16H2,1-2H3,(H,34,35)/b31-27+. The van der Waals surface area contributed by atoms with Crippen LogP contribution in [0.15, 0.2) is 99.9 Å². The predicted molar refractivity (Wildman–Crippen MR) is 137 cm³/mol. The van der Waals surface area contributed by atoms with Crippen molar-refractivity contribution in [2.45, 2.75) is 32.1 Å². The summed E-state index contributed by atoms with van der Waals surface area (Å²) in [6.07, 6.45) is 4.72. The first-order valence-corrected chi connectivity index (χ1v) is 11.6. The Labute approximate surface area is 208 Å². The van der Waals surface area contributed by atoms with Gasteiger partial charge in [0.25, 0.3) is 0 Å². The third-order valence-corrected chi connectivity index (χ3v) is 6.60. The Bertz CT molecular complexity index is 1430.